The molecule has 2 aromatic heterocycles. The van der Waals surface area contributed by atoms with Crippen molar-refractivity contribution in [3.63, 3.8) is 0 Å². The smallest absolute Gasteiger partial charge is 0.423 e. The third kappa shape index (κ3) is 1.90. The van der Waals surface area contributed by atoms with Crippen LogP contribution in [-0.2, 0) is 5.60 Å². The van der Waals surface area contributed by atoms with Gasteiger partial charge in [0.15, 0.2) is 5.65 Å². The minimum Gasteiger partial charge on any atom is -0.423 e. The van der Waals surface area contributed by atoms with Crippen molar-refractivity contribution in [2.24, 2.45) is 0 Å². The van der Waals surface area contributed by atoms with Gasteiger partial charge in [-0.3, -0.25) is 0 Å². The molecule has 0 radical (unpaired) electrons. The van der Waals surface area contributed by atoms with E-state index in [9.17, 15) is 15.2 Å². The Kier molecular flexibility index (Phi) is 3.38. The van der Waals surface area contributed by atoms with Gasteiger partial charge in [0.2, 0.25) is 0 Å². The second kappa shape index (κ2) is 4.68. The van der Waals surface area contributed by atoms with E-state index < -0.39 is 12.7 Å². The van der Waals surface area contributed by atoms with Crippen molar-refractivity contribution in [1.29, 1.82) is 0 Å². The van der Waals surface area contributed by atoms with Gasteiger partial charge in [-0.15, -0.1) is 0 Å². The summed E-state index contributed by atoms with van der Waals surface area (Å²) in [7, 11) is -1.61. The van der Waals surface area contributed by atoms with Crippen LogP contribution in [0, 0.1) is 0 Å². The molecule has 0 atom stereocenters. The molecule has 2 aromatic rings. The number of pyridine rings is 1. The van der Waals surface area contributed by atoms with Crippen molar-refractivity contribution in [3.8, 4) is 0 Å². The van der Waals surface area contributed by atoms with Crippen LogP contribution in [0.4, 0.5) is 0 Å². The predicted octanol–water partition coefficient (Wildman–Crippen LogP) is -0.583. The minimum absolute atomic E-state index is 0.269. The quantitative estimate of drug-likeness (QED) is 0.630. The fourth-order valence-electron chi connectivity index (χ4n) is 2.09. The van der Waals surface area contributed by atoms with Gasteiger partial charge in [0.05, 0.1) is 5.69 Å². The van der Waals surface area contributed by atoms with Crippen LogP contribution in [0.5, 0.6) is 0 Å². The Hall–Kier alpha value is -1.44. The molecule has 0 spiro atoms. The highest BCUT2D eigenvalue weighted by atomic mass is 16.4. The van der Waals surface area contributed by atoms with Crippen molar-refractivity contribution < 1.29 is 15.2 Å². The lowest BCUT2D eigenvalue weighted by Gasteiger charge is -2.26. The largest absolute Gasteiger partial charge is 0.492 e. The van der Waals surface area contributed by atoms with Gasteiger partial charge >= 0.3 is 7.12 Å². The zero-order valence-corrected chi connectivity index (χ0v) is 10.4. The van der Waals surface area contributed by atoms with Crippen LogP contribution in [0.3, 0.4) is 0 Å². The number of hydrogen-bond donors (Lipinski definition) is 3. The standard InChI is InChI=1S/C11H16BN3O3/c1-3-11(16,4-2)9-6-5-8(12(17)18)10-13-7-14-15(9)10/h5-7,16-18H,3-4H2,1-2H3. The number of aliphatic hydroxyl groups is 1. The molecule has 0 saturated heterocycles. The zero-order valence-electron chi connectivity index (χ0n) is 10.4. The van der Waals surface area contributed by atoms with Gasteiger partial charge in [0.25, 0.3) is 0 Å². The van der Waals surface area contributed by atoms with E-state index in [1.165, 1.54) is 10.8 Å². The number of nitrogens with zero attached hydrogens (tertiary/aromatic N) is 3. The monoisotopic (exact) mass is 249 g/mol. The molecule has 0 aromatic carbocycles. The van der Waals surface area contributed by atoms with Gasteiger partial charge in [-0.1, -0.05) is 19.9 Å². The molecule has 0 amide bonds. The van der Waals surface area contributed by atoms with E-state index in [4.69, 9.17) is 0 Å². The summed E-state index contributed by atoms with van der Waals surface area (Å²) < 4.78 is 1.46. The Labute approximate surface area is 105 Å². The van der Waals surface area contributed by atoms with Gasteiger partial charge in [0.1, 0.15) is 11.9 Å². The molecule has 2 rings (SSSR count). The molecular formula is C11H16BN3O3. The summed E-state index contributed by atoms with van der Waals surface area (Å²) in [5.41, 5.74) is 0.225. The first-order valence-corrected chi connectivity index (χ1v) is 5.95. The third-order valence-corrected chi connectivity index (χ3v) is 3.38. The summed E-state index contributed by atoms with van der Waals surface area (Å²) in [5.74, 6) is 0. The molecule has 96 valence electrons. The number of hydrogen-bond acceptors (Lipinski definition) is 5. The predicted molar refractivity (Wildman–Crippen MR) is 67.3 cm³/mol. The topological polar surface area (TPSA) is 90.9 Å². The molecule has 2 heterocycles. The van der Waals surface area contributed by atoms with Crippen molar-refractivity contribution in [1.82, 2.24) is 14.6 Å². The average molecular weight is 249 g/mol. The van der Waals surface area contributed by atoms with E-state index in [0.717, 1.165) is 0 Å². The Bertz CT molecular complexity index is 551. The van der Waals surface area contributed by atoms with Crippen LogP contribution >= 0.6 is 0 Å². The lowest BCUT2D eigenvalue weighted by Crippen LogP contribution is -2.34. The van der Waals surface area contributed by atoms with Gasteiger partial charge in [-0.25, -0.2) is 9.50 Å². The molecule has 0 saturated carbocycles. The fourth-order valence-corrected chi connectivity index (χ4v) is 2.09. The molecule has 3 N–H and O–H groups in total. The maximum atomic E-state index is 10.5. The van der Waals surface area contributed by atoms with Crippen LogP contribution in [-0.4, -0.2) is 36.9 Å². The van der Waals surface area contributed by atoms with Crippen molar-refractivity contribution in [3.05, 3.63) is 24.2 Å². The Morgan fingerprint density at radius 1 is 1.28 bits per heavy atom. The summed E-state index contributed by atoms with van der Waals surface area (Å²) >= 11 is 0. The highest BCUT2D eigenvalue weighted by Crippen LogP contribution is 2.27. The summed E-state index contributed by atoms with van der Waals surface area (Å²) in [6.07, 6.45) is 2.41. The van der Waals surface area contributed by atoms with Crippen LogP contribution in [0.1, 0.15) is 32.4 Å². The molecule has 0 aliphatic carbocycles. The van der Waals surface area contributed by atoms with E-state index >= 15 is 0 Å². The summed E-state index contributed by atoms with van der Waals surface area (Å²) in [5, 5.41) is 33.1. The van der Waals surface area contributed by atoms with Crippen LogP contribution in [0.2, 0.25) is 0 Å². The average Bonchev–Trinajstić information content (AvgIpc) is 2.85. The van der Waals surface area contributed by atoms with Crippen molar-refractivity contribution in [2.75, 3.05) is 0 Å². The van der Waals surface area contributed by atoms with Crippen LogP contribution in [0.15, 0.2) is 18.5 Å². The van der Waals surface area contributed by atoms with E-state index in [0.29, 0.717) is 24.2 Å². The van der Waals surface area contributed by atoms with E-state index in [1.54, 1.807) is 12.1 Å². The number of rotatable bonds is 4. The first-order chi connectivity index (χ1) is 8.53. The van der Waals surface area contributed by atoms with Crippen molar-refractivity contribution in [2.45, 2.75) is 32.3 Å². The van der Waals surface area contributed by atoms with Gasteiger partial charge < -0.3 is 15.2 Å². The lowest BCUT2D eigenvalue weighted by atomic mass is 9.80. The highest BCUT2D eigenvalue weighted by molar-refractivity contribution is 6.60. The maximum Gasteiger partial charge on any atom is 0.492 e. The Morgan fingerprint density at radius 3 is 2.50 bits per heavy atom. The second-order valence-electron chi connectivity index (χ2n) is 4.28. The van der Waals surface area contributed by atoms with Gasteiger partial charge in [-0.05, 0) is 18.9 Å². The molecule has 0 aliphatic rings. The van der Waals surface area contributed by atoms with Gasteiger partial charge in [0, 0.05) is 5.46 Å². The van der Waals surface area contributed by atoms with Crippen LogP contribution in [0.25, 0.3) is 5.65 Å². The second-order valence-corrected chi connectivity index (χ2v) is 4.28. The number of aromatic nitrogens is 3. The molecule has 0 bridgehead atoms. The molecule has 0 unspecified atom stereocenters. The van der Waals surface area contributed by atoms with E-state index in [2.05, 4.69) is 10.1 Å². The molecular weight excluding hydrogens is 233 g/mol. The minimum atomic E-state index is -1.61. The first-order valence-electron chi connectivity index (χ1n) is 5.95. The highest BCUT2D eigenvalue weighted by Gasteiger charge is 2.30. The van der Waals surface area contributed by atoms with Gasteiger partial charge in [-0.2, -0.15) is 5.10 Å². The van der Waals surface area contributed by atoms with E-state index in [1.807, 2.05) is 13.8 Å². The number of fused-ring (bicyclic) bond motifs is 1. The molecule has 7 heteroatoms. The molecule has 6 nitrogen and oxygen atoms in total. The van der Waals surface area contributed by atoms with E-state index in [-0.39, 0.29) is 5.46 Å². The summed E-state index contributed by atoms with van der Waals surface area (Å²) in [6.45, 7) is 3.78. The Morgan fingerprint density at radius 2 is 1.94 bits per heavy atom. The third-order valence-electron chi connectivity index (χ3n) is 3.38. The normalized spacial score (nSPS) is 12.1. The Balaban J connectivity index is 2.68. The maximum absolute atomic E-state index is 10.5. The molecule has 0 fully saturated rings. The molecule has 0 aliphatic heterocycles. The fraction of sp³-hybridized carbons (Fsp3) is 0.455. The molecule has 18 heavy (non-hydrogen) atoms. The SMILES string of the molecule is CCC(O)(CC)c1ccc(B(O)O)c2ncnn12. The summed E-state index contributed by atoms with van der Waals surface area (Å²) in [6, 6.07) is 3.21. The summed E-state index contributed by atoms with van der Waals surface area (Å²) in [4.78, 5) is 4.00. The van der Waals surface area contributed by atoms with Crippen LogP contribution < -0.4 is 5.46 Å². The lowest BCUT2D eigenvalue weighted by molar-refractivity contribution is 0.0219. The zero-order chi connectivity index (χ0) is 13.3. The van der Waals surface area contributed by atoms with Crippen molar-refractivity contribution >= 4 is 18.2 Å². The first kappa shape index (κ1) is 13.0.